The van der Waals surface area contributed by atoms with E-state index in [1.165, 1.54) is 32.0 Å². The van der Waals surface area contributed by atoms with E-state index in [9.17, 15) is 49.8 Å². The van der Waals surface area contributed by atoms with Crippen LogP contribution in [0.2, 0.25) is 0 Å². The third-order valence-corrected chi connectivity index (χ3v) is 7.32. The summed E-state index contributed by atoms with van der Waals surface area (Å²) in [4.78, 5) is 33.2. The van der Waals surface area contributed by atoms with Gasteiger partial charge in [-0.1, -0.05) is 12.0 Å². The Morgan fingerprint density at radius 2 is 1.70 bits per heavy atom. The number of nitrogens with one attached hydrogen (secondary N) is 1. The van der Waals surface area contributed by atoms with Crippen molar-refractivity contribution in [2.24, 2.45) is 16.5 Å². The molecular weight excluding hydrogens is 678 g/mol. The normalized spacial score (nSPS) is 16.8. The summed E-state index contributed by atoms with van der Waals surface area (Å²) in [5.41, 5.74) is 4.55. The van der Waals surface area contributed by atoms with Crippen molar-refractivity contribution in [3.63, 3.8) is 0 Å². The zero-order valence-electron chi connectivity index (χ0n) is 26.4. The molecule has 0 spiro atoms. The van der Waals surface area contributed by atoms with Gasteiger partial charge in [-0.05, 0) is 80.1 Å². The number of nitrogens with zero attached hydrogens (tertiary/aromatic N) is 2. The molecule has 3 aromatic rings. The van der Waals surface area contributed by atoms with Crippen molar-refractivity contribution in [2.45, 2.75) is 56.9 Å². The third-order valence-electron chi connectivity index (χ3n) is 7.32. The first kappa shape index (κ1) is 37.5. The molecule has 264 valence electrons. The summed E-state index contributed by atoms with van der Waals surface area (Å²) in [6, 6.07) is 7.17. The first-order chi connectivity index (χ1) is 23.1. The first-order valence-electron chi connectivity index (χ1n) is 14.7. The molecule has 6 N–H and O–H groups in total. The van der Waals surface area contributed by atoms with Crippen LogP contribution in [0.3, 0.4) is 0 Å². The molecule has 1 atom stereocenters. The quantitative estimate of drug-likeness (QED) is 0.182. The molecule has 1 heterocycles. The number of carbonyl (C=O) groups is 2. The number of nitrogens with two attached hydrogens (primary N) is 2. The largest absolute Gasteiger partial charge is 0.431 e. The molecule has 1 aliphatic carbocycles. The number of primary amides is 1. The van der Waals surface area contributed by atoms with E-state index in [-0.39, 0.29) is 28.1 Å². The average molecular weight is 708 g/mol. The van der Waals surface area contributed by atoms with Crippen molar-refractivity contribution in [3.8, 4) is 23.0 Å². The number of allylic oxidation sites excluding steroid dienone is 2. The minimum atomic E-state index is -5.14. The molecule has 0 saturated heterocycles. The van der Waals surface area contributed by atoms with Crippen molar-refractivity contribution in [3.05, 3.63) is 99.8 Å². The molecule has 1 aromatic heterocycles. The van der Waals surface area contributed by atoms with Crippen LogP contribution in [0.4, 0.5) is 35.1 Å². The minimum absolute atomic E-state index is 0.0102. The van der Waals surface area contributed by atoms with E-state index in [1.54, 1.807) is 0 Å². The van der Waals surface area contributed by atoms with Crippen LogP contribution in [-0.4, -0.2) is 51.9 Å². The van der Waals surface area contributed by atoms with Gasteiger partial charge >= 0.3 is 6.18 Å². The summed E-state index contributed by atoms with van der Waals surface area (Å²) in [5, 5.41) is 12.6. The van der Waals surface area contributed by atoms with Crippen LogP contribution in [0.1, 0.15) is 60.0 Å². The standard InChI is InChI=1S/C34H29F8N5O3/c1-32(2,50)9-7-21-4-5-22(18-3-6-25(37)24(14-18)31(44)49)28(46-21)26(13-17-11-19(35)15-20(36)12-17)47-27(48)16-45-30-23(8-10-33(30,38)39)29(43)34(40,41)42/h3-6,11-12,14-15,26,50H,8,10,13,16,43H2,1-2H3,(H2,44,49)(H,47,48)/t26-/m0/s1. The molecule has 4 rings (SSSR count). The van der Waals surface area contributed by atoms with Crippen LogP contribution in [0, 0.1) is 29.3 Å². The lowest BCUT2D eigenvalue weighted by Crippen LogP contribution is -2.34. The Bertz CT molecular complexity index is 1940. The maximum atomic E-state index is 14.6. The fourth-order valence-corrected chi connectivity index (χ4v) is 5.11. The average Bonchev–Trinajstić information content (AvgIpc) is 3.30. The van der Waals surface area contributed by atoms with Gasteiger partial charge in [0, 0.05) is 23.6 Å². The number of benzene rings is 2. The van der Waals surface area contributed by atoms with Crippen LogP contribution in [0.5, 0.6) is 0 Å². The number of aliphatic imine (C=N–C) groups is 1. The summed E-state index contributed by atoms with van der Waals surface area (Å²) in [5.74, 6) is -3.80. The molecule has 0 bridgehead atoms. The SMILES string of the molecule is CC(C)(O)C#Cc1ccc(-c2ccc(F)c(C(N)=O)c2)c([C@H](Cc2cc(F)cc(F)c2)NC(=O)CN=C2C(=C(N)C(F)(F)F)CCC2(F)F)n1. The predicted octanol–water partition coefficient (Wildman–Crippen LogP) is 5.43. The Balaban J connectivity index is 1.86. The zero-order valence-corrected chi connectivity index (χ0v) is 26.4. The Morgan fingerprint density at radius 3 is 2.30 bits per heavy atom. The van der Waals surface area contributed by atoms with E-state index < -0.39 is 101 Å². The number of pyridine rings is 1. The maximum absolute atomic E-state index is 14.6. The molecule has 0 unspecified atom stereocenters. The molecule has 0 aliphatic heterocycles. The van der Waals surface area contributed by atoms with Gasteiger partial charge in [0.2, 0.25) is 5.91 Å². The summed E-state index contributed by atoms with van der Waals surface area (Å²) < 4.78 is 112. The summed E-state index contributed by atoms with van der Waals surface area (Å²) in [6.07, 6.45) is -7.32. The number of aliphatic hydroxyl groups is 1. The van der Waals surface area contributed by atoms with Gasteiger partial charge in [-0.25, -0.2) is 18.2 Å². The number of aromatic nitrogens is 1. The lowest BCUT2D eigenvalue weighted by molar-refractivity contribution is -0.120. The topological polar surface area (TPSA) is 144 Å². The number of hydrogen-bond donors (Lipinski definition) is 4. The van der Waals surface area contributed by atoms with Gasteiger partial charge in [0.05, 0.1) is 17.3 Å². The van der Waals surface area contributed by atoms with Crippen LogP contribution < -0.4 is 16.8 Å². The lowest BCUT2D eigenvalue weighted by Gasteiger charge is -2.22. The Kier molecular flexibility index (Phi) is 10.7. The fourth-order valence-electron chi connectivity index (χ4n) is 5.11. The highest BCUT2D eigenvalue weighted by Gasteiger charge is 2.48. The maximum Gasteiger partial charge on any atom is 0.431 e. The van der Waals surface area contributed by atoms with Crippen molar-refractivity contribution >= 4 is 17.5 Å². The molecule has 1 saturated carbocycles. The second-order valence-corrected chi connectivity index (χ2v) is 11.9. The van der Waals surface area contributed by atoms with E-state index in [0.29, 0.717) is 6.07 Å². The van der Waals surface area contributed by atoms with Gasteiger partial charge in [0.25, 0.3) is 11.8 Å². The second-order valence-electron chi connectivity index (χ2n) is 11.9. The summed E-state index contributed by atoms with van der Waals surface area (Å²) in [7, 11) is 0. The van der Waals surface area contributed by atoms with Gasteiger partial charge in [0.1, 0.15) is 46.7 Å². The van der Waals surface area contributed by atoms with Crippen LogP contribution >= 0.6 is 0 Å². The van der Waals surface area contributed by atoms with Crippen LogP contribution in [0.15, 0.2) is 64.8 Å². The number of alkyl halides is 5. The van der Waals surface area contributed by atoms with Gasteiger partial charge in [-0.15, -0.1) is 0 Å². The minimum Gasteiger partial charge on any atom is -0.394 e. The molecule has 2 amide bonds. The number of amides is 2. The summed E-state index contributed by atoms with van der Waals surface area (Å²) >= 11 is 0. The predicted molar refractivity (Wildman–Crippen MR) is 166 cm³/mol. The van der Waals surface area contributed by atoms with E-state index >= 15 is 0 Å². The first-order valence-corrected chi connectivity index (χ1v) is 14.7. The van der Waals surface area contributed by atoms with E-state index in [0.717, 1.165) is 24.3 Å². The molecule has 16 heteroatoms. The van der Waals surface area contributed by atoms with E-state index in [1.807, 2.05) is 0 Å². The number of carbonyl (C=O) groups excluding carboxylic acids is 2. The Labute approximate surface area is 280 Å². The van der Waals surface area contributed by atoms with Gasteiger partial charge in [-0.3, -0.25) is 14.6 Å². The van der Waals surface area contributed by atoms with Gasteiger partial charge in [0.15, 0.2) is 0 Å². The van der Waals surface area contributed by atoms with Crippen molar-refractivity contribution in [1.29, 1.82) is 0 Å². The molecule has 2 aromatic carbocycles. The lowest BCUT2D eigenvalue weighted by atomic mass is 9.94. The van der Waals surface area contributed by atoms with Gasteiger partial charge in [-0.2, -0.15) is 22.0 Å². The van der Waals surface area contributed by atoms with Crippen molar-refractivity contribution < 1.29 is 49.8 Å². The van der Waals surface area contributed by atoms with Gasteiger partial charge < -0.3 is 21.9 Å². The highest BCUT2D eigenvalue weighted by atomic mass is 19.4. The number of rotatable bonds is 8. The molecule has 1 aliphatic rings. The molecule has 8 nitrogen and oxygen atoms in total. The second kappa shape index (κ2) is 14.3. The number of halogens is 8. The van der Waals surface area contributed by atoms with E-state index in [2.05, 4.69) is 27.1 Å². The van der Waals surface area contributed by atoms with Crippen molar-refractivity contribution in [2.75, 3.05) is 6.54 Å². The molecular formula is C34H29F8N5O3. The smallest absolute Gasteiger partial charge is 0.394 e. The molecule has 50 heavy (non-hydrogen) atoms. The zero-order chi connectivity index (χ0) is 37.2. The van der Waals surface area contributed by atoms with E-state index in [4.69, 9.17) is 11.5 Å². The monoisotopic (exact) mass is 707 g/mol. The highest BCUT2D eigenvalue weighted by Crippen LogP contribution is 2.40. The summed E-state index contributed by atoms with van der Waals surface area (Å²) in [6.45, 7) is 1.65. The molecule has 1 fully saturated rings. The van der Waals surface area contributed by atoms with Crippen LogP contribution in [0.25, 0.3) is 11.1 Å². The Morgan fingerprint density at radius 1 is 1.04 bits per heavy atom. The molecule has 0 radical (unpaired) electrons. The number of hydrogen-bond acceptors (Lipinski definition) is 6. The highest BCUT2D eigenvalue weighted by molar-refractivity contribution is 6.08. The Hall–Kier alpha value is -5.30. The van der Waals surface area contributed by atoms with Crippen molar-refractivity contribution in [1.82, 2.24) is 10.3 Å². The fraction of sp³-hybridized carbons (Fsp3) is 0.294. The third kappa shape index (κ3) is 9.23. The van der Waals surface area contributed by atoms with Crippen LogP contribution in [-0.2, 0) is 11.2 Å².